The van der Waals surface area contributed by atoms with Crippen LogP contribution in [0.15, 0.2) is 12.3 Å². The monoisotopic (exact) mass is 255 g/mol. The highest BCUT2D eigenvalue weighted by molar-refractivity contribution is 6.31. The topological polar surface area (TPSA) is 73.2 Å². The number of fused-ring (bicyclic) bond motifs is 1. The summed E-state index contributed by atoms with van der Waals surface area (Å²) in [4.78, 5) is 0. The van der Waals surface area contributed by atoms with Gasteiger partial charge in [0.15, 0.2) is 17.3 Å². The van der Waals surface area contributed by atoms with Gasteiger partial charge in [0, 0.05) is 6.07 Å². The van der Waals surface area contributed by atoms with Crippen molar-refractivity contribution in [2.75, 3.05) is 12.5 Å². The molecule has 0 saturated heterocycles. The first-order valence-electron chi connectivity index (χ1n) is 4.75. The summed E-state index contributed by atoms with van der Waals surface area (Å²) < 4.78 is 24.4. The first-order chi connectivity index (χ1) is 8.18. The zero-order valence-electron chi connectivity index (χ0n) is 8.46. The molecular weight excluding hydrogens is 249 g/mol. The number of benzene rings is 1. The molecule has 1 aromatic carbocycles. The fourth-order valence-corrected chi connectivity index (χ4v) is 1.92. The highest BCUT2D eigenvalue weighted by Crippen LogP contribution is 2.46. The molecule has 3 rings (SSSR count). The lowest BCUT2D eigenvalue weighted by Gasteiger charge is -2.07. The Balaban J connectivity index is 2.33. The summed E-state index contributed by atoms with van der Waals surface area (Å²) in [7, 11) is 0. The van der Waals surface area contributed by atoms with E-state index in [1.165, 1.54) is 12.3 Å². The van der Waals surface area contributed by atoms with Crippen molar-refractivity contribution in [2.24, 2.45) is 0 Å². The molecule has 0 atom stereocenters. The van der Waals surface area contributed by atoms with Gasteiger partial charge in [-0.1, -0.05) is 11.6 Å². The second-order valence-corrected chi connectivity index (χ2v) is 3.89. The number of nitrogen functional groups attached to an aromatic ring is 1. The van der Waals surface area contributed by atoms with E-state index in [4.69, 9.17) is 26.8 Å². The van der Waals surface area contributed by atoms with E-state index < -0.39 is 5.82 Å². The number of hydrogen-bond acceptors (Lipinski definition) is 4. The minimum atomic E-state index is -0.607. The fourth-order valence-electron chi connectivity index (χ4n) is 1.72. The molecule has 3 N–H and O–H groups in total. The lowest BCUT2D eigenvalue weighted by atomic mass is 10.1. The lowest BCUT2D eigenvalue weighted by molar-refractivity contribution is 0.174. The van der Waals surface area contributed by atoms with Crippen LogP contribution in [0.4, 0.5) is 10.2 Å². The second kappa shape index (κ2) is 3.53. The zero-order valence-corrected chi connectivity index (χ0v) is 9.21. The van der Waals surface area contributed by atoms with Gasteiger partial charge < -0.3 is 15.2 Å². The van der Waals surface area contributed by atoms with Crippen LogP contribution in [0.1, 0.15) is 0 Å². The Bertz CT molecular complexity index is 599. The number of rotatable bonds is 1. The molecule has 2 heterocycles. The third-order valence-corrected chi connectivity index (χ3v) is 2.77. The summed E-state index contributed by atoms with van der Waals surface area (Å²) in [5.41, 5.74) is 6.22. The van der Waals surface area contributed by atoms with Gasteiger partial charge in [0.05, 0.1) is 22.3 Å². The van der Waals surface area contributed by atoms with Crippen molar-refractivity contribution in [2.45, 2.75) is 0 Å². The molecule has 1 aromatic heterocycles. The van der Waals surface area contributed by atoms with Crippen LogP contribution in [0.25, 0.3) is 11.1 Å². The van der Waals surface area contributed by atoms with E-state index in [1.807, 2.05) is 0 Å². The maximum absolute atomic E-state index is 14.0. The van der Waals surface area contributed by atoms with Crippen LogP contribution in [-0.2, 0) is 0 Å². The Morgan fingerprint density at radius 3 is 3.00 bits per heavy atom. The highest BCUT2D eigenvalue weighted by atomic mass is 35.5. The largest absolute Gasteiger partial charge is 0.454 e. The highest BCUT2D eigenvalue weighted by Gasteiger charge is 2.26. The number of aromatic amines is 1. The Morgan fingerprint density at radius 1 is 1.47 bits per heavy atom. The standard InChI is InChI=1S/C10H7ClFN3O2/c11-5-1-6-9(17-3-16-6)7(8(5)12)4-2-14-15-10(4)13/h1-2H,3H2,(H3,13,14,15). The van der Waals surface area contributed by atoms with Gasteiger partial charge in [0.25, 0.3) is 0 Å². The zero-order chi connectivity index (χ0) is 12.0. The molecule has 5 nitrogen and oxygen atoms in total. The van der Waals surface area contributed by atoms with E-state index in [1.54, 1.807) is 0 Å². The summed E-state index contributed by atoms with van der Waals surface area (Å²) in [6.07, 6.45) is 1.41. The second-order valence-electron chi connectivity index (χ2n) is 3.48. The molecule has 17 heavy (non-hydrogen) atoms. The molecule has 1 aliphatic rings. The van der Waals surface area contributed by atoms with E-state index >= 15 is 0 Å². The van der Waals surface area contributed by atoms with Crippen molar-refractivity contribution in [3.63, 3.8) is 0 Å². The fraction of sp³-hybridized carbons (Fsp3) is 0.100. The van der Waals surface area contributed by atoms with Crippen molar-refractivity contribution >= 4 is 17.4 Å². The van der Waals surface area contributed by atoms with E-state index in [-0.39, 0.29) is 23.2 Å². The SMILES string of the molecule is Nc1[nH]ncc1-c1c(F)c(Cl)cc2c1OCO2. The number of aromatic nitrogens is 2. The molecule has 2 aromatic rings. The summed E-state index contributed by atoms with van der Waals surface area (Å²) in [6, 6.07) is 1.37. The van der Waals surface area contributed by atoms with Gasteiger partial charge in [-0.15, -0.1) is 0 Å². The van der Waals surface area contributed by atoms with Gasteiger partial charge in [-0.3, -0.25) is 5.10 Å². The first-order valence-corrected chi connectivity index (χ1v) is 5.13. The van der Waals surface area contributed by atoms with Crippen molar-refractivity contribution in [1.82, 2.24) is 10.2 Å². The van der Waals surface area contributed by atoms with Crippen LogP contribution >= 0.6 is 11.6 Å². The summed E-state index contributed by atoms with van der Waals surface area (Å²) in [5, 5.41) is 6.21. The third-order valence-electron chi connectivity index (χ3n) is 2.49. The van der Waals surface area contributed by atoms with Gasteiger partial charge in [-0.05, 0) is 0 Å². The molecule has 1 aliphatic heterocycles. The number of nitrogens with two attached hydrogens (primary N) is 1. The van der Waals surface area contributed by atoms with Crippen LogP contribution in [0.2, 0.25) is 5.02 Å². The molecule has 7 heteroatoms. The summed E-state index contributed by atoms with van der Waals surface area (Å²) in [5.74, 6) is 0.319. The van der Waals surface area contributed by atoms with Gasteiger partial charge in [0.2, 0.25) is 6.79 Å². The van der Waals surface area contributed by atoms with E-state index in [9.17, 15) is 4.39 Å². The Labute approximate surface area is 100 Å². The van der Waals surface area contributed by atoms with Crippen LogP contribution < -0.4 is 15.2 Å². The smallest absolute Gasteiger partial charge is 0.231 e. The minimum Gasteiger partial charge on any atom is -0.454 e. The molecule has 0 fully saturated rings. The molecule has 0 spiro atoms. The van der Waals surface area contributed by atoms with Crippen LogP contribution in [0, 0.1) is 5.82 Å². The van der Waals surface area contributed by atoms with E-state index in [2.05, 4.69) is 10.2 Å². The summed E-state index contributed by atoms with van der Waals surface area (Å²) >= 11 is 5.78. The van der Waals surface area contributed by atoms with Crippen molar-refractivity contribution in [3.8, 4) is 22.6 Å². The Morgan fingerprint density at radius 2 is 2.29 bits per heavy atom. The number of halogens is 2. The Hall–Kier alpha value is -1.95. The van der Waals surface area contributed by atoms with Crippen LogP contribution in [-0.4, -0.2) is 17.0 Å². The third kappa shape index (κ3) is 1.41. The number of H-pyrrole nitrogens is 1. The quantitative estimate of drug-likeness (QED) is 0.819. The van der Waals surface area contributed by atoms with Gasteiger partial charge in [-0.25, -0.2) is 4.39 Å². The van der Waals surface area contributed by atoms with E-state index in [0.717, 1.165) is 0 Å². The van der Waals surface area contributed by atoms with Crippen molar-refractivity contribution < 1.29 is 13.9 Å². The number of ether oxygens (including phenoxy) is 2. The average Bonchev–Trinajstić information content (AvgIpc) is 2.89. The number of hydrogen-bond donors (Lipinski definition) is 2. The van der Waals surface area contributed by atoms with Crippen LogP contribution in [0.5, 0.6) is 11.5 Å². The molecule has 88 valence electrons. The number of nitrogens with zero attached hydrogens (tertiary/aromatic N) is 1. The van der Waals surface area contributed by atoms with Gasteiger partial charge >= 0.3 is 0 Å². The minimum absolute atomic E-state index is 0.0277. The molecule has 0 bridgehead atoms. The van der Waals surface area contributed by atoms with Crippen LogP contribution in [0.3, 0.4) is 0 Å². The van der Waals surface area contributed by atoms with Crippen molar-refractivity contribution in [3.05, 3.63) is 23.1 Å². The maximum atomic E-state index is 14.0. The summed E-state index contributed by atoms with van der Waals surface area (Å²) in [6.45, 7) is 0.0277. The van der Waals surface area contributed by atoms with Gasteiger partial charge in [-0.2, -0.15) is 5.10 Å². The first kappa shape index (κ1) is 10.2. The number of anilines is 1. The number of nitrogens with one attached hydrogen (secondary N) is 1. The molecule has 0 unspecified atom stereocenters. The predicted octanol–water partition coefficient (Wildman–Crippen LogP) is 2.18. The maximum Gasteiger partial charge on any atom is 0.231 e. The Kier molecular flexibility index (Phi) is 2.12. The average molecular weight is 256 g/mol. The molecule has 0 radical (unpaired) electrons. The molecule has 0 aliphatic carbocycles. The molecule has 0 saturated carbocycles. The molecule has 0 amide bonds. The predicted molar refractivity (Wildman–Crippen MR) is 59.5 cm³/mol. The van der Waals surface area contributed by atoms with Gasteiger partial charge in [0.1, 0.15) is 5.82 Å². The van der Waals surface area contributed by atoms with Crippen molar-refractivity contribution in [1.29, 1.82) is 0 Å². The molecular formula is C10H7ClFN3O2. The lowest BCUT2D eigenvalue weighted by Crippen LogP contribution is -1.95. The van der Waals surface area contributed by atoms with E-state index in [0.29, 0.717) is 17.1 Å². The normalized spacial score (nSPS) is 13.1.